The zero-order valence-corrected chi connectivity index (χ0v) is 20.6. The van der Waals surface area contributed by atoms with Gasteiger partial charge in [0.15, 0.2) is 6.29 Å². The van der Waals surface area contributed by atoms with Crippen LogP contribution in [-0.2, 0) is 9.47 Å². The molecule has 0 radical (unpaired) electrons. The first-order valence-corrected chi connectivity index (χ1v) is 11.7. The van der Waals surface area contributed by atoms with Crippen molar-refractivity contribution in [2.24, 2.45) is 5.92 Å². The number of nitrogens with zero attached hydrogens (tertiary/aromatic N) is 1. The van der Waals surface area contributed by atoms with Crippen molar-refractivity contribution >= 4 is 5.82 Å². The van der Waals surface area contributed by atoms with Crippen LogP contribution in [0.3, 0.4) is 0 Å². The molecular formula is C24H46F2N2O2. The average Bonchev–Trinajstić information content (AvgIpc) is 2.75. The van der Waals surface area contributed by atoms with E-state index in [2.05, 4.69) is 31.1 Å². The largest absolute Gasteiger partial charge is 0.367 e. The molecule has 178 valence electrons. The molecule has 0 saturated carbocycles. The van der Waals surface area contributed by atoms with Crippen molar-refractivity contribution in [3.05, 3.63) is 23.6 Å². The van der Waals surface area contributed by atoms with Gasteiger partial charge < -0.3 is 14.8 Å². The van der Waals surface area contributed by atoms with Gasteiger partial charge in [0.2, 0.25) is 5.95 Å². The summed E-state index contributed by atoms with van der Waals surface area (Å²) in [5.41, 5.74) is 0.342. The van der Waals surface area contributed by atoms with Gasteiger partial charge in [-0.1, -0.05) is 54.4 Å². The van der Waals surface area contributed by atoms with E-state index < -0.39 is 12.2 Å². The van der Waals surface area contributed by atoms with E-state index >= 15 is 0 Å². The lowest BCUT2D eigenvalue weighted by Crippen LogP contribution is -2.22. The number of rotatable bonds is 13. The molecule has 0 spiro atoms. The number of aromatic nitrogens is 1. The van der Waals surface area contributed by atoms with E-state index in [0.29, 0.717) is 36.6 Å². The minimum absolute atomic E-state index is 0.156. The van der Waals surface area contributed by atoms with E-state index in [9.17, 15) is 8.78 Å². The van der Waals surface area contributed by atoms with E-state index in [0.717, 1.165) is 32.1 Å². The van der Waals surface area contributed by atoms with Gasteiger partial charge in [0, 0.05) is 19.3 Å². The smallest absolute Gasteiger partial charge is 0.223 e. The molecule has 0 aliphatic rings. The Morgan fingerprint density at radius 3 is 1.97 bits per heavy atom. The van der Waals surface area contributed by atoms with Crippen molar-refractivity contribution in [1.29, 1.82) is 0 Å². The van der Waals surface area contributed by atoms with Gasteiger partial charge in [0.1, 0.15) is 5.82 Å². The highest BCUT2D eigenvalue weighted by atomic mass is 19.1. The molecular weight excluding hydrogens is 386 g/mol. The van der Waals surface area contributed by atoms with E-state index in [4.69, 9.17) is 9.47 Å². The molecule has 6 heteroatoms. The molecule has 2 atom stereocenters. The van der Waals surface area contributed by atoms with E-state index in [1.807, 2.05) is 34.6 Å². The van der Waals surface area contributed by atoms with Crippen molar-refractivity contribution in [2.45, 2.75) is 99.8 Å². The van der Waals surface area contributed by atoms with Crippen LogP contribution in [0.4, 0.5) is 14.6 Å². The third-order valence-corrected chi connectivity index (χ3v) is 4.48. The SMILES string of the molecule is CC.CCCCF.CCOC(OCC)c1ccc(NC(CC)CC(C)CC)nc1F. The summed E-state index contributed by atoms with van der Waals surface area (Å²) in [6, 6.07) is 3.79. The number of alkyl halides is 1. The second kappa shape index (κ2) is 21.0. The normalized spacial score (nSPS) is 12.4. The van der Waals surface area contributed by atoms with E-state index in [1.54, 1.807) is 12.1 Å². The summed E-state index contributed by atoms with van der Waals surface area (Å²) < 4.78 is 36.2. The van der Waals surface area contributed by atoms with Crippen molar-refractivity contribution in [1.82, 2.24) is 4.98 Å². The summed E-state index contributed by atoms with van der Waals surface area (Å²) in [6.45, 7) is 17.0. The predicted molar refractivity (Wildman–Crippen MR) is 124 cm³/mol. The number of hydrogen-bond acceptors (Lipinski definition) is 4. The Labute approximate surface area is 184 Å². The molecule has 0 aliphatic heterocycles. The number of ether oxygens (including phenoxy) is 2. The van der Waals surface area contributed by atoms with Gasteiger partial charge in [-0.3, -0.25) is 4.39 Å². The summed E-state index contributed by atoms with van der Waals surface area (Å²) in [5.74, 6) is 0.658. The molecule has 0 amide bonds. The van der Waals surface area contributed by atoms with Crippen LogP contribution in [0.2, 0.25) is 0 Å². The van der Waals surface area contributed by atoms with Gasteiger partial charge >= 0.3 is 0 Å². The van der Waals surface area contributed by atoms with Crippen LogP contribution in [-0.4, -0.2) is 30.9 Å². The molecule has 2 unspecified atom stereocenters. The Hall–Kier alpha value is -1.27. The Balaban J connectivity index is 0. The van der Waals surface area contributed by atoms with Crippen molar-refractivity contribution in [3.8, 4) is 0 Å². The van der Waals surface area contributed by atoms with Gasteiger partial charge in [-0.15, -0.1) is 0 Å². The molecule has 0 aromatic carbocycles. The molecule has 1 rings (SSSR count). The fourth-order valence-electron chi connectivity index (χ4n) is 2.55. The van der Waals surface area contributed by atoms with Crippen molar-refractivity contribution in [2.75, 3.05) is 25.2 Å². The van der Waals surface area contributed by atoms with Crippen molar-refractivity contribution in [3.63, 3.8) is 0 Å². The summed E-state index contributed by atoms with van der Waals surface area (Å²) in [5, 5.41) is 3.33. The Kier molecular flexibility index (Phi) is 21.6. The molecule has 0 saturated heterocycles. The van der Waals surface area contributed by atoms with E-state index in [1.165, 1.54) is 0 Å². The maximum absolute atomic E-state index is 14.3. The molecule has 1 aromatic rings. The van der Waals surface area contributed by atoms with Crippen LogP contribution >= 0.6 is 0 Å². The number of anilines is 1. The molecule has 0 fully saturated rings. The number of pyridine rings is 1. The van der Waals surface area contributed by atoms with Gasteiger partial charge in [-0.05, 0) is 51.2 Å². The maximum Gasteiger partial charge on any atom is 0.223 e. The summed E-state index contributed by atoms with van der Waals surface area (Å²) >= 11 is 0. The lowest BCUT2D eigenvalue weighted by atomic mass is 9.98. The third kappa shape index (κ3) is 13.9. The monoisotopic (exact) mass is 432 g/mol. The first kappa shape index (κ1) is 30.9. The lowest BCUT2D eigenvalue weighted by molar-refractivity contribution is -0.142. The maximum atomic E-state index is 14.3. The van der Waals surface area contributed by atoms with Crippen LogP contribution in [0.25, 0.3) is 0 Å². The van der Waals surface area contributed by atoms with Crippen LogP contribution in [0.1, 0.15) is 99.3 Å². The first-order valence-electron chi connectivity index (χ1n) is 11.7. The zero-order valence-electron chi connectivity index (χ0n) is 20.6. The van der Waals surface area contributed by atoms with Crippen molar-refractivity contribution < 1.29 is 18.3 Å². The molecule has 1 aromatic heterocycles. The second-order valence-electron chi connectivity index (χ2n) is 6.86. The van der Waals surface area contributed by atoms with Crippen LogP contribution in [0.5, 0.6) is 0 Å². The lowest BCUT2D eigenvalue weighted by Gasteiger charge is -2.22. The average molecular weight is 433 g/mol. The van der Waals surface area contributed by atoms with Gasteiger partial charge in [0.05, 0.1) is 12.2 Å². The fraction of sp³-hybridized carbons (Fsp3) is 0.792. The Bertz CT molecular complexity index is 496. The molecule has 0 bridgehead atoms. The van der Waals surface area contributed by atoms with Gasteiger partial charge in [0.25, 0.3) is 0 Å². The number of hydrogen-bond donors (Lipinski definition) is 1. The molecule has 30 heavy (non-hydrogen) atoms. The standard InChI is InChI=1S/C18H31FN2O2.C4H9F.C2H6/c1-6-13(5)12-14(7-2)20-16-11-10-15(17(19)21-16)18(22-8-3)23-9-4;1-2-3-4-5;1-2/h10-11,13-14,18H,6-9,12H2,1-5H3,(H,20,21);2-4H2,1H3;1-2H3. The summed E-state index contributed by atoms with van der Waals surface area (Å²) in [7, 11) is 0. The summed E-state index contributed by atoms with van der Waals surface area (Å²) in [4.78, 5) is 4.04. The first-order chi connectivity index (χ1) is 14.5. The van der Waals surface area contributed by atoms with Crippen LogP contribution < -0.4 is 5.32 Å². The molecule has 0 aliphatic carbocycles. The minimum atomic E-state index is -0.700. The zero-order chi connectivity index (χ0) is 23.4. The minimum Gasteiger partial charge on any atom is -0.367 e. The van der Waals surface area contributed by atoms with Crippen LogP contribution in [0.15, 0.2) is 12.1 Å². The summed E-state index contributed by atoms with van der Waals surface area (Å²) in [6.07, 6.45) is 4.17. The fourth-order valence-corrected chi connectivity index (χ4v) is 2.55. The topological polar surface area (TPSA) is 43.4 Å². The number of nitrogens with one attached hydrogen (secondary N) is 1. The second-order valence-corrected chi connectivity index (χ2v) is 6.86. The van der Waals surface area contributed by atoms with Gasteiger partial charge in [-0.25, -0.2) is 4.98 Å². The third-order valence-electron chi connectivity index (χ3n) is 4.48. The van der Waals surface area contributed by atoms with Gasteiger partial charge in [-0.2, -0.15) is 4.39 Å². The number of unbranched alkanes of at least 4 members (excludes halogenated alkanes) is 1. The molecule has 1 heterocycles. The Morgan fingerprint density at radius 1 is 1.00 bits per heavy atom. The molecule has 4 nitrogen and oxygen atoms in total. The highest BCUT2D eigenvalue weighted by molar-refractivity contribution is 5.37. The van der Waals surface area contributed by atoms with E-state index in [-0.39, 0.29) is 6.67 Å². The highest BCUT2D eigenvalue weighted by Crippen LogP contribution is 2.23. The van der Waals surface area contributed by atoms with Crippen LogP contribution in [0, 0.1) is 11.9 Å². The predicted octanol–water partition coefficient (Wildman–Crippen LogP) is 7.70. The quantitative estimate of drug-likeness (QED) is 0.256. The highest BCUT2D eigenvalue weighted by Gasteiger charge is 2.18. The Morgan fingerprint density at radius 2 is 1.60 bits per heavy atom. The molecule has 1 N–H and O–H groups in total. The number of halogens is 2.